The van der Waals surface area contributed by atoms with Gasteiger partial charge in [0.1, 0.15) is 12.1 Å². The SMILES string of the molecule is Nc1ncnc2c(N)cc(Cl)cc12. The Balaban J connectivity index is 2.94. The van der Waals surface area contributed by atoms with Gasteiger partial charge < -0.3 is 11.5 Å². The second-order valence-corrected chi connectivity index (χ2v) is 3.09. The first-order chi connectivity index (χ1) is 6.18. The third kappa shape index (κ3) is 1.25. The van der Waals surface area contributed by atoms with Crippen LogP contribution in [-0.4, -0.2) is 9.97 Å². The van der Waals surface area contributed by atoms with E-state index in [2.05, 4.69) is 9.97 Å². The van der Waals surface area contributed by atoms with Crippen LogP contribution in [0.5, 0.6) is 0 Å². The van der Waals surface area contributed by atoms with Crippen LogP contribution < -0.4 is 11.5 Å². The van der Waals surface area contributed by atoms with Gasteiger partial charge in [0.05, 0.1) is 11.2 Å². The van der Waals surface area contributed by atoms with Gasteiger partial charge in [-0.15, -0.1) is 0 Å². The van der Waals surface area contributed by atoms with Crippen LogP contribution in [0.4, 0.5) is 11.5 Å². The van der Waals surface area contributed by atoms with Crippen molar-refractivity contribution in [3.8, 4) is 0 Å². The normalized spacial score (nSPS) is 10.5. The van der Waals surface area contributed by atoms with Crippen LogP contribution in [0.2, 0.25) is 5.02 Å². The highest BCUT2D eigenvalue weighted by atomic mass is 35.5. The van der Waals surface area contributed by atoms with E-state index in [1.54, 1.807) is 12.1 Å². The third-order valence-corrected chi connectivity index (χ3v) is 1.98. The maximum atomic E-state index is 5.80. The van der Waals surface area contributed by atoms with Gasteiger partial charge in [0.2, 0.25) is 0 Å². The van der Waals surface area contributed by atoms with Crippen molar-refractivity contribution in [3.05, 3.63) is 23.5 Å². The second-order valence-electron chi connectivity index (χ2n) is 2.65. The number of aromatic nitrogens is 2. The summed E-state index contributed by atoms with van der Waals surface area (Å²) in [7, 11) is 0. The van der Waals surface area contributed by atoms with Crippen LogP contribution in [0.25, 0.3) is 10.9 Å². The minimum atomic E-state index is 0.388. The number of anilines is 2. The molecular formula is C8H7ClN4. The van der Waals surface area contributed by atoms with E-state index in [4.69, 9.17) is 23.1 Å². The van der Waals surface area contributed by atoms with Gasteiger partial charge in [-0.05, 0) is 12.1 Å². The number of halogens is 1. The molecule has 1 heterocycles. The first-order valence-corrected chi connectivity index (χ1v) is 4.01. The molecule has 2 aromatic rings. The summed E-state index contributed by atoms with van der Waals surface area (Å²) < 4.78 is 0. The van der Waals surface area contributed by atoms with Crippen molar-refractivity contribution in [1.29, 1.82) is 0 Å². The lowest BCUT2D eigenvalue weighted by atomic mass is 10.2. The summed E-state index contributed by atoms with van der Waals surface area (Å²) in [6, 6.07) is 3.33. The molecule has 0 amide bonds. The van der Waals surface area contributed by atoms with Crippen LogP contribution in [0.1, 0.15) is 0 Å². The summed E-state index contributed by atoms with van der Waals surface area (Å²) >= 11 is 5.80. The fraction of sp³-hybridized carbons (Fsp3) is 0. The molecule has 5 heteroatoms. The van der Waals surface area contributed by atoms with E-state index in [0.29, 0.717) is 27.4 Å². The Morgan fingerprint density at radius 1 is 1.15 bits per heavy atom. The van der Waals surface area contributed by atoms with E-state index in [0.717, 1.165) is 0 Å². The maximum absolute atomic E-state index is 5.80. The molecule has 2 rings (SSSR count). The summed E-state index contributed by atoms with van der Waals surface area (Å²) in [5.74, 6) is 0.388. The predicted octanol–water partition coefficient (Wildman–Crippen LogP) is 1.45. The van der Waals surface area contributed by atoms with E-state index in [1.165, 1.54) is 6.33 Å². The van der Waals surface area contributed by atoms with Crippen LogP contribution in [0.3, 0.4) is 0 Å². The largest absolute Gasteiger partial charge is 0.397 e. The lowest BCUT2D eigenvalue weighted by molar-refractivity contribution is 1.23. The highest BCUT2D eigenvalue weighted by Gasteiger charge is 2.04. The average molecular weight is 195 g/mol. The molecule has 13 heavy (non-hydrogen) atoms. The zero-order valence-electron chi connectivity index (χ0n) is 6.66. The number of rotatable bonds is 0. The van der Waals surface area contributed by atoms with Crippen LogP contribution in [-0.2, 0) is 0 Å². The van der Waals surface area contributed by atoms with Crippen molar-refractivity contribution in [2.24, 2.45) is 0 Å². The summed E-state index contributed by atoms with van der Waals surface area (Å²) in [6.45, 7) is 0. The number of hydrogen-bond donors (Lipinski definition) is 2. The van der Waals surface area contributed by atoms with Crippen molar-refractivity contribution in [2.45, 2.75) is 0 Å². The molecule has 0 unspecified atom stereocenters. The number of hydrogen-bond acceptors (Lipinski definition) is 4. The summed E-state index contributed by atoms with van der Waals surface area (Å²) in [5.41, 5.74) is 12.5. The standard InChI is InChI=1S/C8H7ClN4/c9-4-1-5-7(6(10)2-4)12-3-13-8(5)11/h1-3H,10H2,(H2,11,12,13). The Bertz CT molecular complexity index is 469. The highest BCUT2D eigenvalue weighted by molar-refractivity contribution is 6.32. The van der Waals surface area contributed by atoms with E-state index >= 15 is 0 Å². The van der Waals surface area contributed by atoms with Crippen molar-refractivity contribution >= 4 is 34.0 Å². The van der Waals surface area contributed by atoms with Gasteiger partial charge >= 0.3 is 0 Å². The molecular weight excluding hydrogens is 188 g/mol. The molecule has 0 saturated heterocycles. The molecule has 4 nitrogen and oxygen atoms in total. The van der Waals surface area contributed by atoms with Crippen LogP contribution >= 0.6 is 11.6 Å². The first kappa shape index (κ1) is 8.07. The summed E-state index contributed by atoms with van der Waals surface area (Å²) in [6.07, 6.45) is 1.38. The molecule has 0 aliphatic rings. The monoisotopic (exact) mass is 194 g/mol. The van der Waals surface area contributed by atoms with Crippen molar-refractivity contribution in [1.82, 2.24) is 9.97 Å². The molecule has 4 N–H and O–H groups in total. The van der Waals surface area contributed by atoms with E-state index in [-0.39, 0.29) is 0 Å². The van der Waals surface area contributed by atoms with Gasteiger partial charge in [0, 0.05) is 10.4 Å². The molecule has 0 aliphatic heterocycles. The van der Waals surface area contributed by atoms with Gasteiger partial charge in [-0.25, -0.2) is 9.97 Å². The third-order valence-electron chi connectivity index (χ3n) is 1.76. The molecule has 0 fully saturated rings. The zero-order valence-corrected chi connectivity index (χ0v) is 7.42. The number of nitrogen functional groups attached to an aromatic ring is 2. The van der Waals surface area contributed by atoms with E-state index < -0.39 is 0 Å². The molecule has 1 aromatic heterocycles. The summed E-state index contributed by atoms with van der Waals surface area (Å²) in [4.78, 5) is 7.85. The van der Waals surface area contributed by atoms with Gasteiger partial charge in [-0.3, -0.25) is 0 Å². The summed E-state index contributed by atoms with van der Waals surface area (Å²) in [5, 5.41) is 1.22. The number of nitrogens with two attached hydrogens (primary N) is 2. The quantitative estimate of drug-likeness (QED) is 0.623. The first-order valence-electron chi connectivity index (χ1n) is 3.63. The zero-order chi connectivity index (χ0) is 9.42. The second kappa shape index (κ2) is 2.74. The molecule has 0 bridgehead atoms. The van der Waals surface area contributed by atoms with E-state index in [9.17, 15) is 0 Å². The van der Waals surface area contributed by atoms with E-state index in [1.807, 2.05) is 0 Å². The lowest BCUT2D eigenvalue weighted by Crippen LogP contribution is -1.96. The van der Waals surface area contributed by atoms with Crippen LogP contribution in [0, 0.1) is 0 Å². The maximum Gasteiger partial charge on any atom is 0.134 e. The highest BCUT2D eigenvalue weighted by Crippen LogP contribution is 2.26. The van der Waals surface area contributed by atoms with Crippen molar-refractivity contribution in [2.75, 3.05) is 11.5 Å². The molecule has 66 valence electrons. The Morgan fingerprint density at radius 2 is 1.92 bits per heavy atom. The van der Waals surface area contributed by atoms with Crippen molar-refractivity contribution < 1.29 is 0 Å². The molecule has 0 radical (unpaired) electrons. The van der Waals surface area contributed by atoms with Gasteiger partial charge in [0.25, 0.3) is 0 Å². The minimum absolute atomic E-state index is 0.388. The van der Waals surface area contributed by atoms with Gasteiger partial charge in [-0.1, -0.05) is 11.6 Å². The van der Waals surface area contributed by atoms with Gasteiger partial charge in [0.15, 0.2) is 0 Å². The van der Waals surface area contributed by atoms with Gasteiger partial charge in [-0.2, -0.15) is 0 Å². The van der Waals surface area contributed by atoms with Crippen LogP contribution in [0.15, 0.2) is 18.5 Å². The fourth-order valence-electron chi connectivity index (χ4n) is 1.18. The number of benzene rings is 1. The molecule has 1 aromatic carbocycles. The molecule has 0 aliphatic carbocycles. The Hall–Kier alpha value is -1.55. The minimum Gasteiger partial charge on any atom is -0.397 e. The molecule has 0 saturated carbocycles. The Kier molecular flexibility index (Phi) is 1.70. The number of fused-ring (bicyclic) bond motifs is 1. The number of nitrogens with zero attached hydrogens (tertiary/aromatic N) is 2. The molecule has 0 spiro atoms. The van der Waals surface area contributed by atoms with Crippen molar-refractivity contribution in [3.63, 3.8) is 0 Å². The topological polar surface area (TPSA) is 77.8 Å². The predicted molar refractivity (Wildman–Crippen MR) is 53.4 cm³/mol. The Labute approximate surface area is 79.5 Å². The molecule has 0 atom stereocenters. The Morgan fingerprint density at radius 3 is 2.69 bits per heavy atom. The lowest BCUT2D eigenvalue weighted by Gasteiger charge is -2.03. The smallest absolute Gasteiger partial charge is 0.134 e. The fourth-order valence-corrected chi connectivity index (χ4v) is 1.40. The average Bonchev–Trinajstić information content (AvgIpc) is 2.07.